The second-order valence-corrected chi connectivity index (χ2v) is 9.83. The van der Waals surface area contributed by atoms with Crippen LogP contribution in [0.2, 0.25) is 10.0 Å². The molecule has 0 bridgehead atoms. The summed E-state index contributed by atoms with van der Waals surface area (Å²) in [5, 5.41) is 33.5. The summed E-state index contributed by atoms with van der Waals surface area (Å²) in [4.78, 5) is 12.8. The van der Waals surface area contributed by atoms with Crippen LogP contribution in [0.1, 0.15) is 76.1 Å². The van der Waals surface area contributed by atoms with Gasteiger partial charge < -0.3 is 35.8 Å². The molecule has 1 saturated heterocycles. The third-order valence-corrected chi connectivity index (χ3v) is 6.91. The number of ether oxygens (including phenoxy) is 2. The average Bonchev–Trinajstić information content (AvgIpc) is 2.86. The van der Waals surface area contributed by atoms with Crippen molar-refractivity contribution >= 4 is 29.1 Å². The molecule has 8 nitrogen and oxygen atoms in total. The van der Waals surface area contributed by atoms with E-state index in [9.17, 15) is 20.1 Å². The van der Waals surface area contributed by atoms with Crippen LogP contribution in [0.5, 0.6) is 0 Å². The van der Waals surface area contributed by atoms with E-state index in [4.69, 9.17) is 38.4 Å². The molecule has 1 aromatic carbocycles. The number of hydrogen-bond donors (Lipinski definition) is 5. The van der Waals surface area contributed by atoms with Crippen LogP contribution in [-0.2, 0) is 14.3 Å². The van der Waals surface area contributed by atoms with Crippen molar-refractivity contribution in [3.63, 3.8) is 0 Å². The number of carbonyl (C=O) groups excluding carboxylic acids is 1. The summed E-state index contributed by atoms with van der Waals surface area (Å²) in [6.07, 6.45) is 5.00. The van der Waals surface area contributed by atoms with Crippen molar-refractivity contribution < 1.29 is 29.6 Å². The molecule has 1 unspecified atom stereocenters. The fourth-order valence-electron chi connectivity index (χ4n) is 4.09. The third kappa shape index (κ3) is 10.1. The van der Waals surface area contributed by atoms with Crippen molar-refractivity contribution in [3.05, 3.63) is 33.8 Å². The van der Waals surface area contributed by atoms with Gasteiger partial charge in [-0.25, -0.2) is 0 Å². The lowest BCUT2D eigenvalue weighted by molar-refractivity contribution is -0.299. The van der Waals surface area contributed by atoms with Crippen LogP contribution in [0.25, 0.3) is 0 Å². The zero-order chi connectivity index (χ0) is 25.6. The minimum Gasteiger partial charge on any atom is -0.394 e. The molecule has 200 valence electrons. The first-order valence-corrected chi connectivity index (χ1v) is 13.3. The predicted molar refractivity (Wildman–Crippen MR) is 136 cm³/mol. The van der Waals surface area contributed by atoms with Gasteiger partial charge in [-0.2, -0.15) is 0 Å². The van der Waals surface area contributed by atoms with E-state index in [2.05, 4.69) is 5.32 Å². The maximum atomic E-state index is 12.8. The van der Waals surface area contributed by atoms with Crippen molar-refractivity contribution in [2.45, 2.75) is 94.9 Å². The number of aliphatic hydroxyl groups is 3. The number of halogens is 2. The Morgan fingerprint density at radius 3 is 2.14 bits per heavy atom. The molecular weight excluding hydrogens is 495 g/mol. The quantitative estimate of drug-likeness (QED) is 0.205. The molecule has 1 amide bonds. The molecule has 0 radical (unpaired) electrons. The summed E-state index contributed by atoms with van der Waals surface area (Å²) < 4.78 is 11.4. The number of nitrogens with one attached hydrogen (secondary N) is 1. The second-order valence-electron chi connectivity index (χ2n) is 9.02. The highest BCUT2D eigenvalue weighted by molar-refractivity contribution is 6.42. The first kappa shape index (κ1) is 30.3. The number of benzene rings is 1. The summed E-state index contributed by atoms with van der Waals surface area (Å²) >= 11 is 12.1. The Morgan fingerprint density at radius 1 is 0.971 bits per heavy atom. The Labute approximate surface area is 218 Å². The minimum atomic E-state index is -1.46. The lowest BCUT2D eigenvalue weighted by Gasteiger charge is -2.40. The van der Waals surface area contributed by atoms with Crippen molar-refractivity contribution in [2.24, 2.45) is 5.73 Å². The van der Waals surface area contributed by atoms with Gasteiger partial charge in [0.1, 0.15) is 18.3 Å². The van der Waals surface area contributed by atoms with Crippen LogP contribution in [0.4, 0.5) is 0 Å². The Hall–Kier alpha value is -0.970. The molecule has 1 aliphatic rings. The van der Waals surface area contributed by atoms with Crippen molar-refractivity contribution in [3.8, 4) is 0 Å². The molecule has 10 heteroatoms. The van der Waals surface area contributed by atoms with Gasteiger partial charge in [-0.05, 0) is 31.5 Å². The molecule has 6 N–H and O–H groups in total. The molecule has 35 heavy (non-hydrogen) atoms. The normalized spacial score (nSPS) is 23.3. The molecule has 0 aromatic heterocycles. The maximum Gasteiger partial charge on any atom is 0.252 e. The zero-order valence-corrected chi connectivity index (χ0v) is 21.7. The minimum absolute atomic E-state index is 0.273. The average molecular weight is 536 g/mol. The summed E-state index contributed by atoms with van der Waals surface area (Å²) in [5.74, 6) is -0.501. The van der Waals surface area contributed by atoms with E-state index in [1.807, 2.05) is 0 Å². The highest BCUT2D eigenvalue weighted by Gasteiger charge is 2.45. The summed E-state index contributed by atoms with van der Waals surface area (Å²) in [6.45, 7) is 0.590. The molecule has 0 saturated carbocycles. The number of hydrogen-bond acceptors (Lipinski definition) is 7. The monoisotopic (exact) mass is 534 g/mol. The fraction of sp³-hybridized carbons (Fsp3) is 0.720. The molecular formula is C25H40Cl2N2O6. The van der Waals surface area contributed by atoms with Gasteiger partial charge in [-0.1, -0.05) is 80.6 Å². The molecule has 1 heterocycles. The molecule has 0 spiro atoms. The van der Waals surface area contributed by atoms with Crippen LogP contribution >= 0.6 is 23.2 Å². The Balaban J connectivity index is 1.78. The maximum absolute atomic E-state index is 12.8. The largest absolute Gasteiger partial charge is 0.394 e. The van der Waals surface area contributed by atoms with Gasteiger partial charge in [0, 0.05) is 12.1 Å². The number of rotatable bonds is 16. The van der Waals surface area contributed by atoms with E-state index in [0.29, 0.717) is 17.1 Å². The summed E-state index contributed by atoms with van der Waals surface area (Å²) in [6, 6.07) is 4.71. The lowest BCUT2D eigenvalue weighted by atomic mass is 10.00. The summed E-state index contributed by atoms with van der Waals surface area (Å²) in [7, 11) is 0. The van der Waals surface area contributed by atoms with Gasteiger partial charge in [0.05, 0.1) is 16.7 Å². The number of amides is 1. The molecule has 1 fully saturated rings. The Morgan fingerprint density at radius 2 is 1.57 bits per heavy atom. The van der Waals surface area contributed by atoms with Gasteiger partial charge >= 0.3 is 0 Å². The topological polar surface area (TPSA) is 134 Å². The lowest BCUT2D eigenvalue weighted by Crippen LogP contribution is -2.58. The number of aliphatic hydroxyl groups excluding tert-OH is 3. The van der Waals surface area contributed by atoms with Gasteiger partial charge in [-0.15, -0.1) is 0 Å². The van der Waals surface area contributed by atoms with Crippen molar-refractivity contribution in [2.75, 3.05) is 19.7 Å². The van der Waals surface area contributed by atoms with Gasteiger partial charge in [-0.3, -0.25) is 4.79 Å². The van der Waals surface area contributed by atoms with Crippen LogP contribution in [-0.4, -0.2) is 65.3 Å². The Kier molecular flexibility index (Phi) is 14.4. The first-order valence-electron chi connectivity index (χ1n) is 12.6. The first-order chi connectivity index (χ1) is 16.9. The molecule has 0 aliphatic carbocycles. The summed E-state index contributed by atoms with van der Waals surface area (Å²) in [5.41, 5.74) is 5.97. The van der Waals surface area contributed by atoms with E-state index in [1.165, 1.54) is 44.6 Å². The molecule has 1 aliphatic heterocycles. The smallest absolute Gasteiger partial charge is 0.252 e. The second kappa shape index (κ2) is 16.7. The van der Waals surface area contributed by atoms with Crippen LogP contribution < -0.4 is 11.1 Å². The van der Waals surface area contributed by atoms with Crippen LogP contribution in [0, 0.1) is 0 Å². The number of nitrogens with two attached hydrogens (primary N) is 1. The van der Waals surface area contributed by atoms with Crippen LogP contribution in [0.15, 0.2) is 18.2 Å². The van der Waals surface area contributed by atoms with E-state index in [0.717, 1.165) is 32.2 Å². The van der Waals surface area contributed by atoms with Gasteiger partial charge in [0.25, 0.3) is 5.91 Å². The zero-order valence-electron chi connectivity index (χ0n) is 20.2. The van der Waals surface area contributed by atoms with E-state index in [1.54, 1.807) is 12.1 Å². The fourth-order valence-corrected chi connectivity index (χ4v) is 4.40. The standard InChI is InChI=1S/C25H40Cl2N2O6/c26-18-12-11-17(15-19(18)27)25-34-22(20(31)16-30)21(32)23(35-25)24(33)29-14-10-8-6-4-2-1-3-5-7-9-13-28/h11-12,15,20-23,25,30-32H,1-10,13-14,16,28H2,(H,29,33)/t20-,21+,22+,23+,25?/m0/s1. The molecule has 2 rings (SSSR count). The van der Waals surface area contributed by atoms with Gasteiger partial charge in [0.15, 0.2) is 12.4 Å². The Bertz CT molecular complexity index is 757. The van der Waals surface area contributed by atoms with Crippen LogP contribution in [0.3, 0.4) is 0 Å². The highest BCUT2D eigenvalue weighted by Crippen LogP contribution is 2.34. The molecule has 5 atom stereocenters. The SMILES string of the molecule is NCCCCCCCCCCCCNC(=O)[C@@H]1OC(c2ccc(Cl)c(Cl)c2)O[C@H]([C@@H](O)CO)[C@H]1O. The highest BCUT2D eigenvalue weighted by atomic mass is 35.5. The van der Waals surface area contributed by atoms with Crippen molar-refractivity contribution in [1.82, 2.24) is 5.32 Å². The van der Waals surface area contributed by atoms with E-state index >= 15 is 0 Å². The number of unbranched alkanes of at least 4 members (excludes halogenated alkanes) is 9. The van der Waals surface area contributed by atoms with Gasteiger partial charge in [0.2, 0.25) is 0 Å². The molecule has 1 aromatic rings. The predicted octanol–water partition coefficient (Wildman–Crippen LogP) is 3.47. The van der Waals surface area contributed by atoms with E-state index in [-0.39, 0.29) is 5.02 Å². The number of carbonyl (C=O) groups is 1. The third-order valence-electron chi connectivity index (χ3n) is 6.17. The van der Waals surface area contributed by atoms with E-state index < -0.39 is 43.2 Å². The van der Waals surface area contributed by atoms with Crippen molar-refractivity contribution in [1.29, 1.82) is 0 Å².